The Bertz CT molecular complexity index is 1320. The summed E-state index contributed by atoms with van der Waals surface area (Å²) < 4.78 is 2.51. The molecule has 1 fully saturated rings. The number of nitriles is 1. The quantitative estimate of drug-likeness (QED) is 0.245. The first-order valence-electron chi connectivity index (χ1n) is 12.8. The minimum Gasteiger partial charge on any atom is -0.343 e. The summed E-state index contributed by atoms with van der Waals surface area (Å²) in [5, 5.41) is 19.6. The number of fused-ring (bicyclic) bond motifs is 3. The Kier molecular flexibility index (Phi) is 10.8. The zero-order valence-corrected chi connectivity index (χ0v) is 23.1. The highest BCUT2D eigenvalue weighted by Crippen LogP contribution is 2.33. The Hall–Kier alpha value is -2.86. The molecule has 0 saturated carbocycles. The summed E-state index contributed by atoms with van der Waals surface area (Å²) in [6.07, 6.45) is 7.96. The van der Waals surface area contributed by atoms with E-state index in [-0.39, 0.29) is 24.8 Å². The number of hydroxylamine groups is 1. The van der Waals surface area contributed by atoms with Gasteiger partial charge in [-0.2, -0.15) is 5.26 Å². The van der Waals surface area contributed by atoms with Gasteiger partial charge >= 0.3 is 0 Å². The number of hydrogen-bond donors (Lipinski definition) is 2. The van der Waals surface area contributed by atoms with Crippen LogP contribution < -0.4 is 5.48 Å². The third-order valence-corrected chi connectivity index (χ3v) is 7.51. The number of benzene rings is 2. The molecule has 202 valence electrons. The molecule has 2 aromatic carbocycles. The molecule has 9 heteroatoms. The van der Waals surface area contributed by atoms with Crippen LogP contribution in [0.3, 0.4) is 0 Å². The van der Waals surface area contributed by atoms with E-state index in [1.165, 1.54) is 60.6 Å². The second-order valence-corrected chi connectivity index (χ2v) is 9.79. The predicted molar refractivity (Wildman–Crippen MR) is 155 cm³/mol. The molecule has 0 bridgehead atoms. The highest BCUT2D eigenvalue weighted by molar-refractivity contribution is 5.93. The van der Waals surface area contributed by atoms with E-state index in [1.807, 2.05) is 30.3 Å². The Morgan fingerprint density at radius 2 is 1.82 bits per heavy atom. The zero-order chi connectivity index (χ0) is 24.9. The summed E-state index contributed by atoms with van der Waals surface area (Å²) in [7, 11) is 0. The number of amides is 1. The predicted octanol–water partition coefficient (Wildman–Crippen LogP) is 4.92. The topological polar surface area (TPSA) is 84.5 Å². The summed E-state index contributed by atoms with van der Waals surface area (Å²) in [6, 6.07) is 16.5. The minimum atomic E-state index is -0.543. The van der Waals surface area contributed by atoms with Gasteiger partial charge < -0.3 is 9.47 Å². The Balaban J connectivity index is 0.00000200. The molecule has 1 aromatic heterocycles. The normalized spacial score (nSPS) is 15.9. The van der Waals surface area contributed by atoms with Crippen LogP contribution in [0.2, 0.25) is 0 Å². The number of nitrogens with one attached hydrogen (secondary N) is 1. The zero-order valence-electron chi connectivity index (χ0n) is 21.4. The van der Waals surface area contributed by atoms with Gasteiger partial charge in [0.25, 0.3) is 5.91 Å². The molecule has 0 aliphatic carbocycles. The molecular formula is C29H35Cl2N5O2. The molecule has 5 rings (SSSR count). The molecule has 7 nitrogen and oxygen atoms in total. The van der Waals surface area contributed by atoms with Gasteiger partial charge in [0.2, 0.25) is 0 Å². The molecule has 1 amide bonds. The number of nitrogens with zero attached hydrogens (tertiary/aromatic N) is 4. The molecule has 2 N–H and O–H groups in total. The van der Waals surface area contributed by atoms with Gasteiger partial charge in [-0.25, -0.2) is 5.48 Å². The standard InChI is InChI=1S/C29H33N5O2.2ClH/c30-19-23-6-2-3-7-24(23)20-33-15-12-28-26(21-33)25-18-22(9-11-29(35)31-36)8-10-27(25)34(28)17-16-32-13-4-1-5-14-32;;/h2-3,6-11,18,36H,1,4-5,12-17,20-21H2,(H,31,35);2*1H/b11-9+;;. The van der Waals surface area contributed by atoms with Crippen molar-refractivity contribution in [2.24, 2.45) is 0 Å². The molecule has 3 heterocycles. The van der Waals surface area contributed by atoms with Crippen LogP contribution in [0, 0.1) is 11.3 Å². The molecule has 0 unspecified atom stereocenters. The Labute approximate surface area is 236 Å². The van der Waals surface area contributed by atoms with Crippen molar-refractivity contribution in [3.05, 3.63) is 76.5 Å². The lowest BCUT2D eigenvalue weighted by molar-refractivity contribution is -0.124. The average Bonchev–Trinajstić information content (AvgIpc) is 3.23. The molecule has 0 atom stereocenters. The van der Waals surface area contributed by atoms with Crippen molar-refractivity contribution in [1.29, 1.82) is 5.26 Å². The van der Waals surface area contributed by atoms with E-state index in [2.05, 4.69) is 32.6 Å². The van der Waals surface area contributed by atoms with Crippen LogP contribution in [0.15, 0.2) is 48.5 Å². The number of halogens is 2. The van der Waals surface area contributed by atoms with Crippen LogP contribution in [0.4, 0.5) is 0 Å². The summed E-state index contributed by atoms with van der Waals surface area (Å²) in [4.78, 5) is 16.5. The fourth-order valence-corrected chi connectivity index (χ4v) is 5.66. The third-order valence-electron chi connectivity index (χ3n) is 7.51. The smallest absolute Gasteiger partial charge is 0.267 e. The van der Waals surface area contributed by atoms with Crippen LogP contribution in [0.25, 0.3) is 17.0 Å². The molecule has 1 saturated heterocycles. The van der Waals surface area contributed by atoms with Crippen LogP contribution >= 0.6 is 24.8 Å². The van der Waals surface area contributed by atoms with Gasteiger partial charge in [0.15, 0.2) is 0 Å². The lowest BCUT2D eigenvalue weighted by atomic mass is 10.0. The highest BCUT2D eigenvalue weighted by Gasteiger charge is 2.25. The minimum absolute atomic E-state index is 0. The first kappa shape index (κ1) is 29.7. The maximum Gasteiger partial charge on any atom is 0.267 e. The second kappa shape index (κ2) is 13.8. The van der Waals surface area contributed by atoms with Crippen molar-refractivity contribution in [3.63, 3.8) is 0 Å². The summed E-state index contributed by atoms with van der Waals surface area (Å²) in [5.41, 5.74) is 8.36. The summed E-state index contributed by atoms with van der Waals surface area (Å²) in [5.74, 6) is -0.543. The van der Waals surface area contributed by atoms with Gasteiger partial charge in [-0.15, -0.1) is 24.8 Å². The van der Waals surface area contributed by atoms with E-state index in [0.29, 0.717) is 0 Å². The SMILES string of the molecule is Cl.Cl.N#Cc1ccccc1CN1CCc2c(c3cc(/C=C/C(=O)NO)ccc3n2CCN2CCCCC2)C1. The van der Waals surface area contributed by atoms with Crippen molar-refractivity contribution in [1.82, 2.24) is 19.8 Å². The Morgan fingerprint density at radius 3 is 2.58 bits per heavy atom. The summed E-state index contributed by atoms with van der Waals surface area (Å²) in [6.45, 7) is 6.95. The number of aromatic nitrogens is 1. The summed E-state index contributed by atoms with van der Waals surface area (Å²) >= 11 is 0. The number of carbonyl (C=O) groups excluding carboxylic acids is 1. The van der Waals surface area contributed by atoms with Crippen molar-refractivity contribution in [2.75, 3.05) is 26.2 Å². The molecule has 3 aromatic rings. The van der Waals surface area contributed by atoms with E-state index in [0.717, 1.165) is 55.8 Å². The fraction of sp³-hybridized carbons (Fsp3) is 0.379. The van der Waals surface area contributed by atoms with Gasteiger partial charge in [-0.1, -0.05) is 30.7 Å². The van der Waals surface area contributed by atoms with Crippen molar-refractivity contribution in [2.45, 2.75) is 45.3 Å². The third kappa shape index (κ3) is 6.58. The van der Waals surface area contributed by atoms with Gasteiger partial charge in [-0.3, -0.25) is 14.9 Å². The average molecular weight is 557 g/mol. The van der Waals surface area contributed by atoms with Crippen molar-refractivity contribution < 1.29 is 10.0 Å². The maximum absolute atomic E-state index is 11.5. The van der Waals surface area contributed by atoms with Gasteiger partial charge in [0.05, 0.1) is 11.6 Å². The van der Waals surface area contributed by atoms with Crippen molar-refractivity contribution >= 4 is 47.7 Å². The molecule has 0 radical (unpaired) electrons. The number of hydrogen-bond acceptors (Lipinski definition) is 5. The second-order valence-electron chi connectivity index (χ2n) is 9.79. The van der Waals surface area contributed by atoms with E-state index in [9.17, 15) is 10.1 Å². The number of carbonyl (C=O) groups is 1. The van der Waals surface area contributed by atoms with E-state index < -0.39 is 5.91 Å². The Morgan fingerprint density at radius 1 is 1.03 bits per heavy atom. The molecule has 2 aliphatic heterocycles. The number of piperidine rings is 1. The van der Waals surface area contributed by atoms with Crippen LogP contribution in [0.5, 0.6) is 0 Å². The maximum atomic E-state index is 11.5. The van der Waals surface area contributed by atoms with Gasteiger partial charge in [0, 0.05) is 61.8 Å². The van der Waals surface area contributed by atoms with Crippen LogP contribution in [0.1, 0.15) is 47.2 Å². The van der Waals surface area contributed by atoms with E-state index in [4.69, 9.17) is 5.21 Å². The van der Waals surface area contributed by atoms with Gasteiger partial charge in [0.1, 0.15) is 0 Å². The fourth-order valence-electron chi connectivity index (χ4n) is 5.66. The van der Waals surface area contributed by atoms with Crippen molar-refractivity contribution in [3.8, 4) is 6.07 Å². The first-order chi connectivity index (χ1) is 17.7. The lowest BCUT2D eigenvalue weighted by Gasteiger charge is -2.30. The molecule has 0 spiro atoms. The number of likely N-dealkylation sites (tertiary alicyclic amines) is 1. The molecule has 38 heavy (non-hydrogen) atoms. The van der Waals surface area contributed by atoms with Crippen LogP contribution in [-0.4, -0.2) is 51.7 Å². The molecule has 2 aliphatic rings. The van der Waals surface area contributed by atoms with E-state index >= 15 is 0 Å². The van der Waals surface area contributed by atoms with Gasteiger partial charge in [-0.05, 0) is 66.9 Å². The highest BCUT2D eigenvalue weighted by atomic mass is 35.5. The van der Waals surface area contributed by atoms with E-state index in [1.54, 1.807) is 11.6 Å². The number of rotatable bonds is 7. The first-order valence-corrected chi connectivity index (χ1v) is 12.8. The monoisotopic (exact) mass is 555 g/mol. The lowest BCUT2D eigenvalue weighted by Crippen LogP contribution is -2.34. The molecular weight excluding hydrogens is 521 g/mol. The van der Waals surface area contributed by atoms with Crippen LogP contribution in [-0.2, 0) is 30.8 Å². The largest absolute Gasteiger partial charge is 0.343 e.